The largest absolute Gasteiger partial charge is 0.368 e. The fraction of sp³-hybridized carbons (Fsp3) is 0.381. The Hall–Kier alpha value is -1.94. The monoisotopic (exact) mass is 354 g/mol. The molecule has 0 bridgehead atoms. The lowest BCUT2D eigenvalue weighted by atomic mass is 10.1. The number of carbonyl (C=O) groups excluding carboxylic acids is 1. The number of anilines is 1. The van der Waals surface area contributed by atoms with Crippen LogP contribution < -0.4 is 4.90 Å². The third-order valence-corrected chi connectivity index (χ3v) is 5.94. The predicted octanol–water partition coefficient (Wildman–Crippen LogP) is 3.97. The van der Waals surface area contributed by atoms with Gasteiger partial charge in [-0.1, -0.05) is 48.5 Å². The highest BCUT2D eigenvalue weighted by Crippen LogP contribution is 2.23. The molecule has 3 rings (SSSR count). The first-order valence-corrected chi connectivity index (χ1v) is 9.95. The van der Waals surface area contributed by atoms with Gasteiger partial charge in [-0.3, -0.25) is 4.79 Å². The SMILES string of the molecule is Cc1ccccc1N1CCN(C(=O)C(C)SCc2ccccc2)CC1. The van der Waals surface area contributed by atoms with Gasteiger partial charge >= 0.3 is 0 Å². The van der Waals surface area contributed by atoms with Crippen LogP contribution in [0.2, 0.25) is 0 Å². The first-order chi connectivity index (χ1) is 12.1. The fourth-order valence-corrected chi connectivity index (χ4v) is 4.14. The van der Waals surface area contributed by atoms with Gasteiger partial charge in [-0.05, 0) is 31.0 Å². The molecule has 132 valence electrons. The van der Waals surface area contributed by atoms with Gasteiger partial charge in [0.05, 0.1) is 5.25 Å². The lowest BCUT2D eigenvalue weighted by Gasteiger charge is -2.37. The normalized spacial score (nSPS) is 15.9. The number of piperazine rings is 1. The molecule has 0 N–H and O–H groups in total. The van der Waals surface area contributed by atoms with E-state index < -0.39 is 0 Å². The van der Waals surface area contributed by atoms with Crippen LogP contribution in [0.25, 0.3) is 0 Å². The first kappa shape index (κ1) is 17.9. The van der Waals surface area contributed by atoms with Crippen molar-refractivity contribution in [3.63, 3.8) is 0 Å². The predicted molar refractivity (Wildman–Crippen MR) is 107 cm³/mol. The highest BCUT2D eigenvalue weighted by atomic mass is 32.2. The number of hydrogen-bond acceptors (Lipinski definition) is 3. The van der Waals surface area contributed by atoms with Crippen molar-refractivity contribution in [3.05, 3.63) is 65.7 Å². The molecular weight excluding hydrogens is 328 g/mol. The number of rotatable bonds is 5. The number of nitrogens with zero attached hydrogens (tertiary/aromatic N) is 2. The second kappa shape index (κ2) is 8.43. The van der Waals surface area contributed by atoms with Crippen LogP contribution in [0, 0.1) is 6.92 Å². The van der Waals surface area contributed by atoms with Crippen LogP contribution in [0.4, 0.5) is 5.69 Å². The molecule has 1 heterocycles. The summed E-state index contributed by atoms with van der Waals surface area (Å²) in [6.45, 7) is 7.62. The summed E-state index contributed by atoms with van der Waals surface area (Å²) < 4.78 is 0. The van der Waals surface area contributed by atoms with Gasteiger partial charge in [0.15, 0.2) is 0 Å². The molecule has 0 saturated carbocycles. The lowest BCUT2D eigenvalue weighted by molar-refractivity contribution is -0.130. The molecule has 25 heavy (non-hydrogen) atoms. The average molecular weight is 355 g/mol. The minimum Gasteiger partial charge on any atom is -0.368 e. The Balaban J connectivity index is 1.50. The number of benzene rings is 2. The number of aryl methyl sites for hydroxylation is 1. The van der Waals surface area contributed by atoms with Crippen molar-refractivity contribution < 1.29 is 4.79 Å². The fourth-order valence-electron chi connectivity index (χ4n) is 3.21. The van der Waals surface area contributed by atoms with Gasteiger partial charge in [-0.25, -0.2) is 0 Å². The Morgan fingerprint density at radius 2 is 1.64 bits per heavy atom. The molecule has 0 radical (unpaired) electrons. The zero-order valence-corrected chi connectivity index (χ0v) is 15.8. The van der Waals surface area contributed by atoms with Gasteiger partial charge in [0.2, 0.25) is 5.91 Å². The number of thioether (sulfide) groups is 1. The van der Waals surface area contributed by atoms with E-state index in [1.807, 2.05) is 30.0 Å². The van der Waals surface area contributed by atoms with Crippen molar-refractivity contribution in [2.24, 2.45) is 0 Å². The number of carbonyl (C=O) groups is 1. The van der Waals surface area contributed by atoms with Gasteiger partial charge in [0.1, 0.15) is 0 Å². The molecule has 1 fully saturated rings. The molecular formula is C21H26N2OS. The Kier molecular flexibility index (Phi) is 6.03. The van der Waals surface area contributed by atoms with Crippen LogP contribution in [-0.4, -0.2) is 42.2 Å². The van der Waals surface area contributed by atoms with E-state index in [0.717, 1.165) is 31.9 Å². The maximum atomic E-state index is 12.7. The molecule has 1 atom stereocenters. The number of hydrogen-bond donors (Lipinski definition) is 0. The molecule has 2 aromatic carbocycles. The van der Waals surface area contributed by atoms with E-state index >= 15 is 0 Å². The van der Waals surface area contributed by atoms with Crippen molar-refractivity contribution in [3.8, 4) is 0 Å². The van der Waals surface area contributed by atoms with E-state index in [4.69, 9.17) is 0 Å². The van der Waals surface area contributed by atoms with E-state index in [0.29, 0.717) is 0 Å². The summed E-state index contributed by atoms with van der Waals surface area (Å²) in [5.41, 5.74) is 3.87. The van der Waals surface area contributed by atoms with Crippen LogP contribution in [0.3, 0.4) is 0 Å². The average Bonchev–Trinajstić information content (AvgIpc) is 2.67. The molecule has 0 aromatic heterocycles. The van der Waals surface area contributed by atoms with Gasteiger partial charge in [0.25, 0.3) is 0 Å². The summed E-state index contributed by atoms with van der Waals surface area (Å²) in [5, 5.41) is 0.00483. The van der Waals surface area contributed by atoms with Crippen molar-refractivity contribution in [2.45, 2.75) is 24.9 Å². The van der Waals surface area contributed by atoms with Gasteiger partial charge in [-0.15, -0.1) is 11.8 Å². The molecule has 0 aliphatic carbocycles. The van der Waals surface area contributed by atoms with Crippen molar-refractivity contribution in [1.29, 1.82) is 0 Å². The maximum Gasteiger partial charge on any atom is 0.235 e. The molecule has 1 saturated heterocycles. The maximum absolute atomic E-state index is 12.7. The minimum atomic E-state index is 0.00483. The zero-order chi connectivity index (χ0) is 17.6. The summed E-state index contributed by atoms with van der Waals surface area (Å²) in [6.07, 6.45) is 0. The summed E-state index contributed by atoms with van der Waals surface area (Å²) in [5.74, 6) is 1.15. The molecule has 1 unspecified atom stereocenters. The van der Waals surface area contributed by atoms with Crippen molar-refractivity contribution >= 4 is 23.4 Å². The second-order valence-electron chi connectivity index (χ2n) is 6.54. The van der Waals surface area contributed by atoms with Crippen LogP contribution in [0.5, 0.6) is 0 Å². The third-order valence-electron chi connectivity index (χ3n) is 4.74. The van der Waals surface area contributed by atoms with Crippen LogP contribution in [0.15, 0.2) is 54.6 Å². The van der Waals surface area contributed by atoms with Crippen molar-refractivity contribution in [1.82, 2.24) is 4.90 Å². The summed E-state index contributed by atoms with van der Waals surface area (Å²) >= 11 is 1.73. The minimum absolute atomic E-state index is 0.00483. The Labute approximate surface area is 155 Å². The molecule has 0 spiro atoms. The molecule has 2 aromatic rings. The van der Waals surface area contributed by atoms with Gasteiger partial charge < -0.3 is 9.80 Å². The topological polar surface area (TPSA) is 23.6 Å². The van der Waals surface area contributed by atoms with Gasteiger partial charge in [-0.2, -0.15) is 0 Å². The smallest absolute Gasteiger partial charge is 0.235 e. The van der Waals surface area contributed by atoms with E-state index in [1.54, 1.807) is 11.8 Å². The molecule has 1 aliphatic rings. The second-order valence-corrected chi connectivity index (χ2v) is 7.87. The highest BCUT2D eigenvalue weighted by molar-refractivity contribution is 7.99. The Bertz CT molecular complexity index is 696. The first-order valence-electron chi connectivity index (χ1n) is 8.90. The van der Waals surface area contributed by atoms with E-state index in [1.165, 1.54) is 16.8 Å². The van der Waals surface area contributed by atoms with Gasteiger partial charge in [0, 0.05) is 37.6 Å². The quantitative estimate of drug-likeness (QED) is 0.812. The van der Waals surface area contributed by atoms with Crippen LogP contribution in [0.1, 0.15) is 18.1 Å². The molecule has 1 amide bonds. The van der Waals surface area contributed by atoms with E-state index in [2.05, 4.69) is 48.2 Å². The molecule has 4 heteroatoms. The van der Waals surface area contributed by atoms with E-state index in [-0.39, 0.29) is 11.2 Å². The summed E-state index contributed by atoms with van der Waals surface area (Å²) in [4.78, 5) is 17.1. The summed E-state index contributed by atoms with van der Waals surface area (Å²) in [6, 6.07) is 18.8. The van der Waals surface area contributed by atoms with Crippen LogP contribution in [-0.2, 0) is 10.5 Å². The van der Waals surface area contributed by atoms with Crippen LogP contribution >= 0.6 is 11.8 Å². The molecule has 3 nitrogen and oxygen atoms in total. The summed E-state index contributed by atoms with van der Waals surface area (Å²) in [7, 11) is 0. The van der Waals surface area contributed by atoms with E-state index in [9.17, 15) is 4.79 Å². The van der Waals surface area contributed by atoms with Crippen molar-refractivity contribution in [2.75, 3.05) is 31.1 Å². The Morgan fingerprint density at radius 1 is 1.00 bits per heavy atom. The molecule has 1 aliphatic heterocycles. The number of amides is 1. The Morgan fingerprint density at radius 3 is 2.32 bits per heavy atom. The number of para-hydroxylation sites is 1. The lowest BCUT2D eigenvalue weighted by Crippen LogP contribution is -2.50. The highest BCUT2D eigenvalue weighted by Gasteiger charge is 2.25. The zero-order valence-electron chi connectivity index (χ0n) is 15.0. The standard InChI is InChI=1S/C21H26N2OS/c1-17-8-6-7-11-20(17)22-12-14-23(15-13-22)21(24)18(2)25-16-19-9-4-3-5-10-19/h3-11,18H,12-16H2,1-2H3. The third kappa shape index (κ3) is 4.57.